The van der Waals surface area contributed by atoms with Crippen LogP contribution in [-0.2, 0) is 27.3 Å². The van der Waals surface area contributed by atoms with E-state index in [0.717, 1.165) is 12.1 Å². The molecule has 1 atom stereocenters. The molecule has 0 aliphatic carbocycles. The predicted octanol–water partition coefficient (Wildman–Crippen LogP) is 1.07. The molecule has 0 saturated carbocycles. The minimum absolute atomic E-state index is 0.00873. The topological polar surface area (TPSA) is 129 Å². The van der Waals surface area contributed by atoms with Gasteiger partial charge < -0.3 is 20.1 Å². The van der Waals surface area contributed by atoms with Gasteiger partial charge in [-0.2, -0.15) is 4.39 Å². The van der Waals surface area contributed by atoms with Crippen molar-refractivity contribution in [2.24, 2.45) is 5.84 Å². The average Bonchev–Trinajstić information content (AvgIpc) is 2.77. The number of hydrogen-bond donors (Lipinski definition) is 3. The number of carbonyl (C=O) groups excluding carboxylic acids is 3. The number of pyridine rings is 1. The number of aldehydes is 1. The van der Waals surface area contributed by atoms with E-state index in [1.54, 1.807) is 0 Å². The molecule has 2 aromatic rings. The number of phenolic OH excluding ortho intramolecular Hbond substituents is 1. The maximum atomic E-state index is 14.4. The van der Waals surface area contributed by atoms with E-state index >= 15 is 0 Å². The molecule has 0 spiro atoms. The number of nitrogens with two attached hydrogens (primary N) is 1. The summed E-state index contributed by atoms with van der Waals surface area (Å²) < 4.78 is 27.9. The SMILES string of the molecule is C=CCN(N)CC(=O)N[C@@H](Cc1ccc(O)cc1F)C(=O)N(CCC=O)Cc1cccc(F)n1. The number of phenols is 1. The first-order valence-corrected chi connectivity index (χ1v) is 10.4. The van der Waals surface area contributed by atoms with Gasteiger partial charge >= 0.3 is 0 Å². The largest absolute Gasteiger partial charge is 0.508 e. The highest BCUT2D eigenvalue weighted by Gasteiger charge is 2.28. The molecule has 1 heterocycles. The van der Waals surface area contributed by atoms with Crippen molar-refractivity contribution in [2.75, 3.05) is 19.6 Å². The van der Waals surface area contributed by atoms with E-state index in [0.29, 0.717) is 6.29 Å². The number of hydrazine groups is 1. The summed E-state index contributed by atoms with van der Waals surface area (Å²) in [7, 11) is 0. The molecule has 0 fully saturated rings. The molecule has 2 rings (SSSR count). The van der Waals surface area contributed by atoms with Crippen molar-refractivity contribution in [3.05, 3.63) is 72.1 Å². The summed E-state index contributed by atoms with van der Waals surface area (Å²) in [6.07, 6.45) is 1.87. The van der Waals surface area contributed by atoms with Gasteiger partial charge in [-0.3, -0.25) is 15.4 Å². The smallest absolute Gasteiger partial charge is 0.245 e. The van der Waals surface area contributed by atoms with Crippen LogP contribution in [0.5, 0.6) is 5.75 Å². The average molecular weight is 475 g/mol. The number of halogens is 2. The van der Waals surface area contributed by atoms with E-state index in [-0.39, 0.29) is 56.0 Å². The van der Waals surface area contributed by atoms with Crippen molar-refractivity contribution in [3.63, 3.8) is 0 Å². The third kappa shape index (κ3) is 8.34. The van der Waals surface area contributed by atoms with E-state index in [9.17, 15) is 28.3 Å². The maximum absolute atomic E-state index is 14.4. The molecule has 0 radical (unpaired) electrons. The number of aromatic nitrogens is 1. The number of benzene rings is 1. The second-order valence-corrected chi connectivity index (χ2v) is 7.48. The Balaban J connectivity index is 2.31. The Hall–Kier alpha value is -3.70. The number of hydrogen-bond acceptors (Lipinski definition) is 7. The number of carbonyl (C=O) groups is 3. The molecule has 9 nitrogen and oxygen atoms in total. The molecule has 1 aromatic carbocycles. The van der Waals surface area contributed by atoms with Gasteiger partial charge in [0.1, 0.15) is 23.9 Å². The summed E-state index contributed by atoms with van der Waals surface area (Å²) in [5.41, 5.74) is 0.311. The van der Waals surface area contributed by atoms with Crippen LogP contribution in [-0.4, -0.2) is 63.8 Å². The van der Waals surface area contributed by atoms with Gasteiger partial charge in [-0.15, -0.1) is 6.58 Å². The Morgan fingerprint density at radius 2 is 2.03 bits per heavy atom. The lowest BCUT2D eigenvalue weighted by atomic mass is 10.0. The fourth-order valence-corrected chi connectivity index (χ4v) is 3.21. The normalized spacial score (nSPS) is 11.6. The monoisotopic (exact) mass is 475 g/mol. The van der Waals surface area contributed by atoms with E-state index in [1.165, 1.54) is 40.3 Å². The van der Waals surface area contributed by atoms with E-state index in [1.807, 2.05) is 0 Å². The van der Waals surface area contributed by atoms with Crippen LogP contribution in [0.25, 0.3) is 0 Å². The number of nitrogens with zero attached hydrogens (tertiary/aromatic N) is 3. The standard InChI is InChI=1S/C23H27F2N5O4/c1-2-9-30(26)15-22(33)28-20(12-16-7-8-18(32)13-19(16)24)23(34)29(10-4-11-31)14-17-5-3-6-21(25)27-17/h2-3,5-8,11,13,20,32H,1,4,9-10,12,14-15,26H2,(H,28,33)/t20-/m0/s1. The van der Waals surface area contributed by atoms with Crippen LogP contribution in [0, 0.1) is 11.8 Å². The second-order valence-electron chi connectivity index (χ2n) is 7.48. The van der Waals surface area contributed by atoms with Crippen molar-refractivity contribution >= 4 is 18.1 Å². The molecule has 0 bridgehead atoms. The molecule has 11 heteroatoms. The van der Waals surface area contributed by atoms with Crippen LogP contribution < -0.4 is 11.2 Å². The van der Waals surface area contributed by atoms with Gasteiger partial charge in [0.05, 0.1) is 18.8 Å². The van der Waals surface area contributed by atoms with Crippen LogP contribution in [0.4, 0.5) is 8.78 Å². The zero-order valence-corrected chi connectivity index (χ0v) is 18.5. The summed E-state index contributed by atoms with van der Waals surface area (Å²) in [6, 6.07) is 6.32. The number of aromatic hydroxyl groups is 1. The van der Waals surface area contributed by atoms with Gasteiger partial charge in [-0.1, -0.05) is 18.2 Å². The highest BCUT2D eigenvalue weighted by atomic mass is 19.1. The Kier molecular flexibility index (Phi) is 10.2. The lowest BCUT2D eigenvalue weighted by Crippen LogP contribution is -2.52. The molecule has 0 aliphatic heterocycles. The molecular weight excluding hydrogens is 448 g/mol. The van der Waals surface area contributed by atoms with E-state index < -0.39 is 29.6 Å². The summed E-state index contributed by atoms with van der Waals surface area (Å²) in [4.78, 5) is 41.9. The van der Waals surface area contributed by atoms with Gasteiger partial charge in [0.15, 0.2) is 0 Å². The van der Waals surface area contributed by atoms with Crippen LogP contribution in [0.15, 0.2) is 49.1 Å². The Labute approximate surface area is 195 Å². The van der Waals surface area contributed by atoms with Crippen molar-refractivity contribution in [1.29, 1.82) is 0 Å². The number of amides is 2. The Bertz CT molecular complexity index is 1020. The molecule has 0 saturated heterocycles. The molecule has 1 aromatic heterocycles. The number of rotatable bonds is 13. The van der Waals surface area contributed by atoms with Crippen molar-refractivity contribution in [3.8, 4) is 5.75 Å². The Morgan fingerprint density at radius 1 is 1.26 bits per heavy atom. The first-order valence-electron chi connectivity index (χ1n) is 10.4. The van der Waals surface area contributed by atoms with Crippen LogP contribution in [0.2, 0.25) is 0 Å². The minimum atomic E-state index is -1.23. The third-order valence-electron chi connectivity index (χ3n) is 4.76. The molecule has 2 amide bonds. The fourth-order valence-electron chi connectivity index (χ4n) is 3.21. The first-order chi connectivity index (χ1) is 16.2. The van der Waals surface area contributed by atoms with Crippen molar-refractivity contribution in [1.82, 2.24) is 20.2 Å². The summed E-state index contributed by atoms with van der Waals surface area (Å²) in [5, 5.41) is 13.2. The molecule has 34 heavy (non-hydrogen) atoms. The second kappa shape index (κ2) is 13.1. The van der Waals surface area contributed by atoms with Crippen LogP contribution >= 0.6 is 0 Å². The van der Waals surface area contributed by atoms with Crippen LogP contribution in [0.3, 0.4) is 0 Å². The van der Waals surface area contributed by atoms with Crippen molar-refractivity contribution in [2.45, 2.75) is 25.4 Å². The molecular formula is C23H27F2N5O4. The lowest BCUT2D eigenvalue weighted by molar-refractivity contribution is -0.137. The first kappa shape index (κ1) is 26.6. The molecule has 182 valence electrons. The zero-order chi connectivity index (χ0) is 25.1. The summed E-state index contributed by atoms with van der Waals surface area (Å²) >= 11 is 0. The van der Waals surface area contributed by atoms with Gasteiger partial charge in [-0.05, 0) is 23.8 Å². The maximum Gasteiger partial charge on any atom is 0.245 e. The number of nitrogens with one attached hydrogen (secondary N) is 1. The van der Waals surface area contributed by atoms with E-state index in [2.05, 4.69) is 16.9 Å². The molecule has 4 N–H and O–H groups in total. The predicted molar refractivity (Wildman–Crippen MR) is 120 cm³/mol. The highest BCUT2D eigenvalue weighted by Crippen LogP contribution is 2.18. The fraction of sp³-hybridized carbons (Fsp3) is 0.304. The summed E-state index contributed by atoms with van der Waals surface area (Å²) in [6.45, 7) is 3.34. The summed E-state index contributed by atoms with van der Waals surface area (Å²) in [5.74, 6) is 2.70. The lowest BCUT2D eigenvalue weighted by Gasteiger charge is -2.28. The van der Waals surface area contributed by atoms with Gasteiger partial charge in [0, 0.05) is 32.0 Å². The quantitative estimate of drug-likeness (QED) is 0.130. The van der Waals surface area contributed by atoms with Gasteiger partial charge in [-0.25, -0.2) is 14.4 Å². The molecule has 0 unspecified atom stereocenters. The molecule has 0 aliphatic rings. The zero-order valence-electron chi connectivity index (χ0n) is 18.5. The third-order valence-corrected chi connectivity index (χ3v) is 4.76. The van der Waals surface area contributed by atoms with Crippen molar-refractivity contribution < 1.29 is 28.3 Å². The van der Waals surface area contributed by atoms with Gasteiger partial charge in [0.2, 0.25) is 17.8 Å². The minimum Gasteiger partial charge on any atom is -0.508 e. The van der Waals surface area contributed by atoms with Gasteiger partial charge in [0.25, 0.3) is 0 Å². The van der Waals surface area contributed by atoms with Crippen LogP contribution in [0.1, 0.15) is 17.7 Å². The highest BCUT2D eigenvalue weighted by molar-refractivity contribution is 5.88. The Morgan fingerprint density at radius 3 is 2.68 bits per heavy atom. The van der Waals surface area contributed by atoms with E-state index in [4.69, 9.17) is 5.84 Å².